The van der Waals surface area contributed by atoms with Gasteiger partial charge in [0.05, 0.1) is 13.2 Å². The van der Waals surface area contributed by atoms with Crippen molar-refractivity contribution in [2.24, 2.45) is 5.92 Å². The molecule has 1 aromatic rings. The fourth-order valence-corrected chi connectivity index (χ4v) is 3.67. The molecular weight excluding hydrogens is 332 g/mol. The summed E-state index contributed by atoms with van der Waals surface area (Å²) in [5.74, 6) is 0.754. The lowest BCUT2D eigenvalue weighted by Crippen LogP contribution is -2.40. The van der Waals surface area contributed by atoms with Gasteiger partial charge in [0.15, 0.2) is 0 Å². The molecule has 142 valence electrons. The highest BCUT2D eigenvalue weighted by atomic mass is 16.5. The molecule has 2 saturated heterocycles. The summed E-state index contributed by atoms with van der Waals surface area (Å²) in [5.41, 5.74) is 2.00. The van der Waals surface area contributed by atoms with Crippen LogP contribution >= 0.6 is 0 Å². The van der Waals surface area contributed by atoms with Gasteiger partial charge < -0.3 is 19.3 Å². The molecular formula is C20H28N2O4. The van der Waals surface area contributed by atoms with Crippen molar-refractivity contribution in [1.82, 2.24) is 9.80 Å². The third-order valence-electron chi connectivity index (χ3n) is 5.26. The molecule has 0 saturated carbocycles. The van der Waals surface area contributed by atoms with Gasteiger partial charge in [0, 0.05) is 38.9 Å². The summed E-state index contributed by atoms with van der Waals surface area (Å²) >= 11 is 0. The van der Waals surface area contributed by atoms with E-state index in [2.05, 4.69) is 12.1 Å². The number of amides is 2. The average Bonchev–Trinajstić information content (AvgIpc) is 2.69. The Hall–Kier alpha value is -1.92. The van der Waals surface area contributed by atoms with Crippen molar-refractivity contribution >= 4 is 11.8 Å². The van der Waals surface area contributed by atoms with E-state index in [0.29, 0.717) is 32.2 Å². The van der Waals surface area contributed by atoms with Gasteiger partial charge in [-0.05, 0) is 42.9 Å². The molecule has 0 radical (unpaired) electrons. The highest BCUT2D eigenvalue weighted by Gasteiger charge is 2.23. The van der Waals surface area contributed by atoms with E-state index < -0.39 is 0 Å². The Balaban J connectivity index is 1.49. The maximum Gasteiger partial charge on any atom is 0.254 e. The van der Waals surface area contributed by atoms with Crippen LogP contribution in [0.1, 0.15) is 28.8 Å². The molecule has 26 heavy (non-hydrogen) atoms. The normalized spacial score (nSPS) is 18.8. The second-order valence-corrected chi connectivity index (χ2v) is 7.06. The smallest absolute Gasteiger partial charge is 0.254 e. The Morgan fingerprint density at radius 1 is 1.04 bits per heavy atom. The Kier molecular flexibility index (Phi) is 6.63. The molecule has 3 rings (SSSR count). The number of carbonyl (C=O) groups excluding carboxylic acids is 2. The van der Waals surface area contributed by atoms with Gasteiger partial charge in [0.25, 0.3) is 5.91 Å². The van der Waals surface area contributed by atoms with Gasteiger partial charge in [0.2, 0.25) is 5.91 Å². The molecule has 2 heterocycles. The summed E-state index contributed by atoms with van der Waals surface area (Å²) in [6, 6.07) is 8.00. The highest BCUT2D eigenvalue weighted by Crippen LogP contribution is 2.22. The van der Waals surface area contributed by atoms with Crippen LogP contribution in [-0.4, -0.2) is 74.7 Å². The van der Waals surface area contributed by atoms with Crippen LogP contribution in [0.25, 0.3) is 0 Å². The van der Waals surface area contributed by atoms with E-state index in [1.807, 2.05) is 21.9 Å². The topological polar surface area (TPSA) is 59.1 Å². The first-order valence-electron chi connectivity index (χ1n) is 9.40. The number of rotatable bonds is 5. The number of carbonyl (C=O) groups is 2. The van der Waals surface area contributed by atoms with Crippen molar-refractivity contribution < 1.29 is 19.1 Å². The van der Waals surface area contributed by atoms with Crippen LogP contribution in [0.5, 0.6) is 0 Å². The zero-order chi connectivity index (χ0) is 18.4. The zero-order valence-electron chi connectivity index (χ0n) is 15.5. The molecule has 6 heteroatoms. The van der Waals surface area contributed by atoms with Crippen LogP contribution in [0.4, 0.5) is 0 Å². The Morgan fingerprint density at radius 3 is 2.31 bits per heavy atom. The number of morpholine rings is 1. The monoisotopic (exact) mass is 360 g/mol. The van der Waals surface area contributed by atoms with Crippen molar-refractivity contribution in [1.29, 1.82) is 0 Å². The van der Waals surface area contributed by atoms with Gasteiger partial charge in [-0.2, -0.15) is 0 Å². The molecule has 0 atom stereocenters. The summed E-state index contributed by atoms with van der Waals surface area (Å²) < 4.78 is 10.2. The minimum atomic E-state index is 0.0805. The molecule has 2 amide bonds. The Labute approximate surface area is 155 Å². The van der Waals surface area contributed by atoms with Gasteiger partial charge >= 0.3 is 0 Å². The average molecular weight is 360 g/mol. The molecule has 6 nitrogen and oxygen atoms in total. The van der Waals surface area contributed by atoms with E-state index in [4.69, 9.17) is 9.47 Å². The van der Waals surface area contributed by atoms with Gasteiger partial charge in [-0.15, -0.1) is 0 Å². The largest absolute Gasteiger partial charge is 0.378 e. The van der Waals surface area contributed by atoms with Crippen molar-refractivity contribution in [3.63, 3.8) is 0 Å². The second-order valence-electron chi connectivity index (χ2n) is 7.06. The van der Waals surface area contributed by atoms with E-state index in [0.717, 1.165) is 37.9 Å². The van der Waals surface area contributed by atoms with Crippen LogP contribution < -0.4 is 0 Å². The predicted octanol–water partition coefficient (Wildman–Crippen LogP) is 1.59. The fourth-order valence-electron chi connectivity index (χ4n) is 3.67. The van der Waals surface area contributed by atoms with Crippen LogP contribution in [-0.2, 0) is 20.7 Å². The lowest BCUT2D eigenvalue weighted by molar-refractivity contribution is -0.136. The molecule has 0 spiro atoms. The molecule has 0 unspecified atom stereocenters. The minimum absolute atomic E-state index is 0.0805. The number of likely N-dealkylation sites (tertiary alicyclic amines) is 1. The van der Waals surface area contributed by atoms with Crippen LogP contribution in [0, 0.1) is 5.92 Å². The van der Waals surface area contributed by atoms with E-state index >= 15 is 0 Å². The quantitative estimate of drug-likeness (QED) is 0.800. The van der Waals surface area contributed by atoms with Crippen LogP contribution in [0.15, 0.2) is 24.3 Å². The molecule has 2 fully saturated rings. The number of piperidine rings is 1. The number of ether oxygens (including phenoxy) is 2. The molecule has 2 aliphatic rings. The number of hydrogen-bond acceptors (Lipinski definition) is 4. The Bertz CT molecular complexity index is 603. The number of benzene rings is 1. The van der Waals surface area contributed by atoms with Crippen molar-refractivity contribution in [3.05, 3.63) is 35.4 Å². The summed E-state index contributed by atoms with van der Waals surface area (Å²) in [5, 5.41) is 0. The zero-order valence-corrected chi connectivity index (χ0v) is 15.5. The standard InChI is InChI=1S/C20H28N2O4/c1-25-15-19(23)21-8-6-17(7-9-21)14-16-2-4-18(5-3-16)20(24)22-10-12-26-13-11-22/h2-5,17H,6-15H2,1H3. The first-order chi connectivity index (χ1) is 12.7. The van der Waals surface area contributed by atoms with Crippen molar-refractivity contribution in [2.75, 3.05) is 53.1 Å². The molecule has 2 aliphatic heterocycles. The van der Waals surface area contributed by atoms with Gasteiger partial charge in [-0.25, -0.2) is 0 Å². The second kappa shape index (κ2) is 9.14. The SMILES string of the molecule is COCC(=O)N1CCC(Cc2ccc(C(=O)N3CCOCC3)cc2)CC1. The molecule has 0 aromatic heterocycles. The Morgan fingerprint density at radius 2 is 1.69 bits per heavy atom. The summed E-state index contributed by atoms with van der Waals surface area (Å²) in [7, 11) is 1.55. The maximum atomic E-state index is 12.5. The van der Waals surface area contributed by atoms with Gasteiger partial charge in [0.1, 0.15) is 6.61 Å². The predicted molar refractivity (Wildman–Crippen MR) is 98.0 cm³/mol. The molecule has 0 N–H and O–H groups in total. The van der Waals surface area contributed by atoms with Crippen molar-refractivity contribution in [3.8, 4) is 0 Å². The minimum Gasteiger partial charge on any atom is -0.378 e. The summed E-state index contributed by atoms with van der Waals surface area (Å²) in [4.78, 5) is 28.1. The summed E-state index contributed by atoms with van der Waals surface area (Å²) in [6.07, 6.45) is 3.03. The van der Waals surface area contributed by atoms with E-state index in [9.17, 15) is 9.59 Å². The first kappa shape index (κ1) is 18.9. The molecule has 0 bridgehead atoms. The third-order valence-corrected chi connectivity index (χ3v) is 5.26. The molecule has 0 aliphatic carbocycles. The third kappa shape index (κ3) is 4.83. The highest BCUT2D eigenvalue weighted by molar-refractivity contribution is 5.94. The van der Waals surface area contributed by atoms with Gasteiger partial charge in [-0.1, -0.05) is 12.1 Å². The summed E-state index contributed by atoms with van der Waals surface area (Å²) in [6.45, 7) is 4.36. The lowest BCUT2D eigenvalue weighted by Gasteiger charge is -2.32. The van der Waals surface area contributed by atoms with E-state index in [-0.39, 0.29) is 18.4 Å². The maximum absolute atomic E-state index is 12.5. The lowest BCUT2D eigenvalue weighted by atomic mass is 9.90. The van der Waals surface area contributed by atoms with Crippen LogP contribution in [0.2, 0.25) is 0 Å². The van der Waals surface area contributed by atoms with Gasteiger partial charge in [-0.3, -0.25) is 9.59 Å². The molecule has 1 aromatic carbocycles. The van der Waals surface area contributed by atoms with Crippen molar-refractivity contribution in [2.45, 2.75) is 19.3 Å². The number of methoxy groups -OCH3 is 1. The van der Waals surface area contributed by atoms with Crippen LogP contribution in [0.3, 0.4) is 0 Å². The van der Waals surface area contributed by atoms with E-state index in [1.54, 1.807) is 7.11 Å². The number of nitrogens with zero attached hydrogens (tertiary/aromatic N) is 2. The fraction of sp³-hybridized carbons (Fsp3) is 0.600. The van der Waals surface area contributed by atoms with E-state index in [1.165, 1.54) is 5.56 Å². The number of hydrogen-bond donors (Lipinski definition) is 0. The first-order valence-corrected chi connectivity index (χ1v) is 9.40.